The lowest BCUT2D eigenvalue weighted by Gasteiger charge is -2.07. The number of hydrogen-bond donors (Lipinski definition) is 2. The highest BCUT2D eigenvalue weighted by molar-refractivity contribution is 5.94. The van der Waals surface area contributed by atoms with Crippen LogP contribution in [0, 0.1) is 6.92 Å². The zero-order valence-electron chi connectivity index (χ0n) is 12.4. The first-order chi connectivity index (χ1) is 10.6. The van der Waals surface area contributed by atoms with Crippen molar-refractivity contribution >= 4 is 23.4 Å². The minimum absolute atomic E-state index is 0.172. The Morgan fingerprint density at radius 2 is 2.14 bits per heavy atom. The van der Waals surface area contributed by atoms with Crippen molar-refractivity contribution in [2.75, 3.05) is 24.3 Å². The fourth-order valence-corrected chi connectivity index (χ4v) is 1.82. The summed E-state index contributed by atoms with van der Waals surface area (Å²) in [4.78, 5) is 23.3. The summed E-state index contributed by atoms with van der Waals surface area (Å²) in [5.74, 6) is 0.679. The van der Waals surface area contributed by atoms with Crippen molar-refractivity contribution in [2.24, 2.45) is 0 Å². The molecular formula is C15H17N3O4. The minimum Gasteiger partial charge on any atom is -0.465 e. The van der Waals surface area contributed by atoms with Crippen molar-refractivity contribution in [3.05, 3.63) is 41.7 Å². The van der Waals surface area contributed by atoms with Crippen molar-refractivity contribution in [1.29, 1.82) is 0 Å². The van der Waals surface area contributed by atoms with Gasteiger partial charge in [0.05, 0.1) is 12.7 Å². The maximum Gasteiger partial charge on any atom is 0.337 e. The Hall–Kier alpha value is -2.83. The number of anilines is 2. The van der Waals surface area contributed by atoms with Crippen LogP contribution in [0.4, 0.5) is 11.5 Å². The Morgan fingerprint density at radius 3 is 2.82 bits per heavy atom. The highest BCUT2D eigenvalue weighted by Crippen LogP contribution is 2.12. The average Bonchev–Trinajstić information content (AvgIpc) is 2.92. The van der Waals surface area contributed by atoms with Gasteiger partial charge in [-0.3, -0.25) is 4.79 Å². The van der Waals surface area contributed by atoms with Crippen LogP contribution in [0.25, 0.3) is 0 Å². The number of carbonyl (C=O) groups is 2. The van der Waals surface area contributed by atoms with Crippen molar-refractivity contribution in [3.63, 3.8) is 0 Å². The third-order valence-corrected chi connectivity index (χ3v) is 2.85. The number of aryl methyl sites for hydroxylation is 1. The van der Waals surface area contributed by atoms with Crippen molar-refractivity contribution in [2.45, 2.75) is 13.3 Å². The van der Waals surface area contributed by atoms with Gasteiger partial charge >= 0.3 is 5.97 Å². The van der Waals surface area contributed by atoms with Crippen LogP contribution in [0.1, 0.15) is 22.5 Å². The van der Waals surface area contributed by atoms with Crippen molar-refractivity contribution in [3.8, 4) is 0 Å². The number of ether oxygens (including phenoxy) is 1. The molecule has 0 atom stereocenters. The van der Waals surface area contributed by atoms with Gasteiger partial charge in [0, 0.05) is 24.7 Å². The molecule has 0 bridgehead atoms. The van der Waals surface area contributed by atoms with Gasteiger partial charge in [-0.1, -0.05) is 11.2 Å². The first-order valence-corrected chi connectivity index (χ1v) is 6.74. The van der Waals surface area contributed by atoms with Gasteiger partial charge in [-0.25, -0.2) is 4.79 Å². The second-order valence-corrected chi connectivity index (χ2v) is 4.62. The summed E-state index contributed by atoms with van der Waals surface area (Å²) in [6.07, 6.45) is 0.258. The van der Waals surface area contributed by atoms with Gasteiger partial charge in [-0.2, -0.15) is 0 Å². The Labute approximate surface area is 127 Å². The fraction of sp³-hybridized carbons (Fsp3) is 0.267. The second-order valence-electron chi connectivity index (χ2n) is 4.62. The van der Waals surface area contributed by atoms with E-state index in [1.54, 1.807) is 37.3 Å². The summed E-state index contributed by atoms with van der Waals surface area (Å²) in [5, 5.41) is 9.47. The molecule has 0 saturated carbocycles. The summed E-state index contributed by atoms with van der Waals surface area (Å²) in [7, 11) is 1.31. The van der Waals surface area contributed by atoms with Crippen LogP contribution in [-0.4, -0.2) is 30.7 Å². The average molecular weight is 303 g/mol. The van der Waals surface area contributed by atoms with Crippen LogP contribution < -0.4 is 10.6 Å². The maximum absolute atomic E-state index is 11.8. The number of nitrogens with zero attached hydrogens (tertiary/aromatic N) is 1. The molecule has 0 aliphatic rings. The predicted molar refractivity (Wildman–Crippen MR) is 80.8 cm³/mol. The van der Waals surface area contributed by atoms with E-state index in [2.05, 4.69) is 20.5 Å². The van der Waals surface area contributed by atoms with Crippen LogP contribution >= 0.6 is 0 Å². The molecule has 0 spiro atoms. The normalized spacial score (nSPS) is 10.1. The van der Waals surface area contributed by atoms with Gasteiger partial charge in [0.1, 0.15) is 5.76 Å². The molecule has 2 aromatic rings. The van der Waals surface area contributed by atoms with E-state index in [1.807, 2.05) is 0 Å². The first-order valence-electron chi connectivity index (χ1n) is 6.74. The highest BCUT2D eigenvalue weighted by Gasteiger charge is 2.08. The number of hydrogen-bond acceptors (Lipinski definition) is 6. The van der Waals surface area contributed by atoms with E-state index in [4.69, 9.17) is 4.52 Å². The Bertz CT molecular complexity index is 666. The van der Waals surface area contributed by atoms with Crippen LogP contribution in [0.3, 0.4) is 0 Å². The summed E-state index contributed by atoms with van der Waals surface area (Å²) in [6, 6.07) is 8.32. The Balaban J connectivity index is 1.82. The summed E-state index contributed by atoms with van der Waals surface area (Å²) < 4.78 is 9.54. The molecular weight excluding hydrogens is 286 g/mol. The molecule has 7 nitrogen and oxygen atoms in total. The largest absolute Gasteiger partial charge is 0.465 e. The smallest absolute Gasteiger partial charge is 0.337 e. The third-order valence-electron chi connectivity index (χ3n) is 2.85. The number of amides is 1. The molecule has 2 N–H and O–H groups in total. The van der Waals surface area contributed by atoms with E-state index in [-0.39, 0.29) is 12.3 Å². The second kappa shape index (κ2) is 7.26. The van der Waals surface area contributed by atoms with E-state index in [0.29, 0.717) is 29.4 Å². The van der Waals surface area contributed by atoms with Crippen LogP contribution in [0.15, 0.2) is 34.9 Å². The van der Waals surface area contributed by atoms with E-state index in [1.165, 1.54) is 7.11 Å². The van der Waals surface area contributed by atoms with E-state index >= 15 is 0 Å². The van der Waals surface area contributed by atoms with Gasteiger partial charge in [-0.05, 0) is 25.1 Å². The fourth-order valence-electron chi connectivity index (χ4n) is 1.82. The molecule has 0 unspecified atom stereocenters. The summed E-state index contributed by atoms with van der Waals surface area (Å²) in [5.41, 5.74) is 0.932. The molecule has 1 aromatic heterocycles. The number of carbonyl (C=O) groups excluding carboxylic acids is 2. The SMILES string of the molecule is COC(=O)c1cccc(NC(=O)CCNc2cc(C)on2)c1. The molecule has 1 aromatic carbocycles. The van der Waals surface area contributed by atoms with E-state index in [9.17, 15) is 9.59 Å². The predicted octanol–water partition coefficient (Wildman–Crippen LogP) is 2.21. The van der Waals surface area contributed by atoms with Gasteiger partial charge < -0.3 is 19.9 Å². The molecule has 0 aliphatic carbocycles. The maximum atomic E-state index is 11.8. The van der Waals surface area contributed by atoms with E-state index in [0.717, 1.165) is 0 Å². The minimum atomic E-state index is -0.445. The zero-order valence-corrected chi connectivity index (χ0v) is 12.4. The quantitative estimate of drug-likeness (QED) is 0.795. The molecule has 1 amide bonds. The van der Waals surface area contributed by atoms with Crippen molar-refractivity contribution in [1.82, 2.24) is 5.16 Å². The Morgan fingerprint density at radius 1 is 1.32 bits per heavy atom. The number of methoxy groups -OCH3 is 1. The van der Waals surface area contributed by atoms with Crippen LogP contribution in [-0.2, 0) is 9.53 Å². The standard InChI is InChI=1S/C15H17N3O4/c1-10-8-13(18-22-10)16-7-6-14(19)17-12-5-3-4-11(9-12)15(20)21-2/h3-5,8-9H,6-7H2,1-2H3,(H,16,18)(H,17,19). The van der Waals surface area contributed by atoms with Gasteiger partial charge in [-0.15, -0.1) is 0 Å². The lowest BCUT2D eigenvalue weighted by Crippen LogP contribution is -2.16. The number of nitrogens with one attached hydrogen (secondary N) is 2. The molecule has 116 valence electrons. The molecule has 2 rings (SSSR count). The lowest BCUT2D eigenvalue weighted by atomic mass is 10.2. The van der Waals surface area contributed by atoms with Gasteiger partial charge in [0.25, 0.3) is 0 Å². The number of esters is 1. The van der Waals surface area contributed by atoms with Crippen LogP contribution in [0.5, 0.6) is 0 Å². The van der Waals surface area contributed by atoms with Gasteiger partial charge in [0.2, 0.25) is 5.91 Å². The monoisotopic (exact) mass is 303 g/mol. The summed E-state index contributed by atoms with van der Waals surface area (Å²) in [6.45, 7) is 2.22. The number of aromatic nitrogens is 1. The lowest BCUT2D eigenvalue weighted by molar-refractivity contribution is -0.115. The van der Waals surface area contributed by atoms with Crippen LogP contribution in [0.2, 0.25) is 0 Å². The van der Waals surface area contributed by atoms with Gasteiger partial charge in [0.15, 0.2) is 5.82 Å². The first kappa shape index (κ1) is 15.6. The topological polar surface area (TPSA) is 93.5 Å². The molecule has 0 radical (unpaired) electrons. The molecule has 7 heteroatoms. The highest BCUT2D eigenvalue weighted by atomic mass is 16.5. The molecule has 0 fully saturated rings. The molecule has 22 heavy (non-hydrogen) atoms. The van der Waals surface area contributed by atoms with Crippen molar-refractivity contribution < 1.29 is 18.8 Å². The van der Waals surface area contributed by atoms with E-state index < -0.39 is 5.97 Å². The molecule has 0 aliphatic heterocycles. The number of benzene rings is 1. The number of rotatable bonds is 6. The zero-order chi connectivity index (χ0) is 15.9. The summed E-state index contributed by atoms with van der Waals surface area (Å²) >= 11 is 0. The Kier molecular flexibility index (Phi) is 5.13. The molecule has 1 heterocycles. The molecule has 0 saturated heterocycles. The third kappa shape index (κ3) is 4.34.